The van der Waals surface area contributed by atoms with Gasteiger partial charge in [-0.25, -0.2) is 0 Å². The van der Waals surface area contributed by atoms with Gasteiger partial charge in [0.05, 0.1) is 0 Å². The van der Waals surface area contributed by atoms with Crippen LogP contribution < -0.4 is 5.32 Å². The van der Waals surface area contributed by atoms with E-state index in [1.54, 1.807) is 0 Å². The maximum absolute atomic E-state index is 3.63. The van der Waals surface area contributed by atoms with Gasteiger partial charge in [0.25, 0.3) is 0 Å². The first-order valence-corrected chi connectivity index (χ1v) is 7.98. The normalized spacial score (nSPS) is 13.2. The van der Waals surface area contributed by atoms with Gasteiger partial charge in [0.2, 0.25) is 0 Å². The molecule has 0 bridgehead atoms. The van der Waals surface area contributed by atoms with E-state index in [0.717, 1.165) is 19.6 Å². The average molecular weight is 327 g/mol. The van der Waals surface area contributed by atoms with Crippen LogP contribution in [0.25, 0.3) is 0 Å². The molecule has 1 atom stereocenters. The molecule has 0 saturated heterocycles. The summed E-state index contributed by atoms with van der Waals surface area (Å²) in [5.41, 5.74) is 1.35. The van der Waals surface area contributed by atoms with Crippen molar-refractivity contribution in [1.29, 1.82) is 0 Å². The zero-order valence-electron chi connectivity index (χ0n) is 12.6. The van der Waals surface area contributed by atoms with E-state index in [9.17, 15) is 0 Å². The molecule has 0 heterocycles. The quantitative estimate of drug-likeness (QED) is 0.779. The molecule has 1 unspecified atom stereocenters. The minimum absolute atomic E-state index is 0.589. The summed E-state index contributed by atoms with van der Waals surface area (Å²) in [6.45, 7) is 9.91. The summed E-state index contributed by atoms with van der Waals surface area (Å²) in [6.07, 6.45) is 1.17. The lowest BCUT2D eigenvalue weighted by atomic mass is 10.1. The van der Waals surface area contributed by atoms with Crippen LogP contribution >= 0.6 is 15.9 Å². The zero-order valence-corrected chi connectivity index (χ0v) is 14.2. The average Bonchev–Trinajstić information content (AvgIpc) is 2.37. The van der Waals surface area contributed by atoms with Crippen molar-refractivity contribution in [3.8, 4) is 0 Å². The second kappa shape index (κ2) is 8.72. The lowest BCUT2D eigenvalue weighted by Crippen LogP contribution is -2.40. The van der Waals surface area contributed by atoms with Gasteiger partial charge in [-0.15, -0.1) is 0 Å². The standard InChI is InChI=1S/C16H27BrN2/c1-5-15(11-18-10-13(2)3)19(4)12-14-8-6-7-9-16(14)17/h6-9,13,15,18H,5,10-12H2,1-4H3. The Hall–Kier alpha value is -0.380. The third-order valence-electron chi connectivity index (χ3n) is 3.40. The molecule has 0 amide bonds. The highest BCUT2D eigenvalue weighted by Gasteiger charge is 2.13. The highest BCUT2D eigenvalue weighted by atomic mass is 79.9. The van der Waals surface area contributed by atoms with Gasteiger partial charge in [-0.1, -0.05) is 54.9 Å². The highest BCUT2D eigenvalue weighted by molar-refractivity contribution is 9.10. The van der Waals surface area contributed by atoms with Gasteiger partial charge in [0, 0.05) is 23.6 Å². The fourth-order valence-electron chi connectivity index (χ4n) is 2.17. The molecule has 19 heavy (non-hydrogen) atoms. The number of hydrogen-bond donors (Lipinski definition) is 1. The molecule has 1 rings (SSSR count). The third kappa shape index (κ3) is 6.07. The first kappa shape index (κ1) is 16.7. The van der Waals surface area contributed by atoms with Gasteiger partial charge in [0.1, 0.15) is 0 Å². The summed E-state index contributed by atoms with van der Waals surface area (Å²) in [4.78, 5) is 2.44. The van der Waals surface area contributed by atoms with Gasteiger partial charge in [-0.2, -0.15) is 0 Å². The Morgan fingerprint density at radius 3 is 2.47 bits per heavy atom. The van der Waals surface area contributed by atoms with Crippen LogP contribution in [-0.2, 0) is 6.54 Å². The van der Waals surface area contributed by atoms with E-state index in [0.29, 0.717) is 12.0 Å². The van der Waals surface area contributed by atoms with Crippen molar-refractivity contribution in [1.82, 2.24) is 10.2 Å². The van der Waals surface area contributed by atoms with Crippen LogP contribution in [-0.4, -0.2) is 31.1 Å². The first-order chi connectivity index (χ1) is 9.04. The van der Waals surface area contributed by atoms with Crippen LogP contribution in [0.5, 0.6) is 0 Å². The smallest absolute Gasteiger partial charge is 0.0245 e. The van der Waals surface area contributed by atoms with E-state index in [1.165, 1.54) is 16.5 Å². The fourth-order valence-corrected chi connectivity index (χ4v) is 2.59. The van der Waals surface area contributed by atoms with Crippen LogP contribution in [0.4, 0.5) is 0 Å². The molecule has 1 aromatic rings. The Morgan fingerprint density at radius 1 is 1.21 bits per heavy atom. The molecule has 3 heteroatoms. The second-order valence-corrected chi connectivity index (χ2v) is 6.48. The largest absolute Gasteiger partial charge is 0.315 e. The van der Waals surface area contributed by atoms with E-state index in [4.69, 9.17) is 0 Å². The maximum atomic E-state index is 3.63. The van der Waals surface area contributed by atoms with Crippen molar-refractivity contribution in [3.63, 3.8) is 0 Å². The van der Waals surface area contributed by atoms with Gasteiger partial charge in [0.15, 0.2) is 0 Å². The third-order valence-corrected chi connectivity index (χ3v) is 4.18. The SMILES string of the molecule is CCC(CNCC(C)C)N(C)Cc1ccccc1Br. The van der Waals surface area contributed by atoms with Crippen molar-refractivity contribution in [2.75, 3.05) is 20.1 Å². The molecule has 108 valence electrons. The van der Waals surface area contributed by atoms with Crippen molar-refractivity contribution in [2.45, 2.75) is 39.8 Å². The fraction of sp³-hybridized carbons (Fsp3) is 0.625. The minimum Gasteiger partial charge on any atom is -0.315 e. The number of likely N-dealkylation sites (N-methyl/N-ethyl adjacent to an activating group) is 1. The number of rotatable bonds is 8. The second-order valence-electron chi connectivity index (χ2n) is 5.62. The molecule has 0 aliphatic heterocycles. The van der Waals surface area contributed by atoms with E-state index in [2.05, 4.69) is 78.2 Å². The Morgan fingerprint density at radius 2 is 1.89 bits per heavy atom. The number of benzene rings is 1. The molecule has 0 aliphatic rings. The molecule has 0 aromatic heterocycles. The summed E-state index contributed by atoms with van der Waals surface area (Å²) >= 11 is 3.63. The highest BCUT2D eigenvalue weighted by Crippen LogP contribution is 2.18. The molecule has 0 aliphatic carbocycles. The predicted octanol–water partition coefficient (Wildman–Crippen LogP) is 3.91. The number of nitrogens with one attached hydrogen (secondary N) is 1. The van der Waals surface area contributed by atoms with E-state index < -0.39 is 0 Å². The monoisotopic (exact) mass is 326 g/mol. The molecular weight excluding hydrogens is 300 g/mol. The van der Waals surface area contributed by atoms with Gasteiger partial charge in [-0.3, -0.25) is 4.90 Å². The topological polar surface area (TPSA) is 15.3 Å². The predicted molar refractivity (Wildman–Crippen MR) is 87.4 cm³/mol. The summed E-state index contributed by atoms with van der Waals surface area (Å²) in [5, 5.41) is 3.56. The van der Waals surface area contributed by atoms with E-state index in [-0.39, 0.29) is 0 Å². The van der Waals surface area contributed by atoms with Crippen LogP contribution in [0.15, 0.2) is 28.7 Å². The van der Waals surface area contributed by atoms with E-state index >= 15 is 0 Å². The molecular formula is C16H27BrN2. The van der Waals surface area contributed by atoms with Crippen LogP contribution in [0.1, 0.15) is 32.8 Å². The zero-order chi connectivity index (χ0) is 14.3. The molecule has 0 spiro atoms. The first-order valence-electron chi connectivity index (χ1n) is 7.19. The maximum Gasteiger partial charge on any atom is 0.0245 e. The summed E-state index contributed by atoms with van der Waals surface area (Å²) < 4.78 is 1.20. The van der Waals surface area contributed by atoms with Crippen LogP contribution in [0.3, 0.4) is 0 Å². The lowest BCUT2D eigenvalue weighted by Gasteiger charge is -2.28. The minimum atomic E-state index is 0.589. The Kier molecular flexibility index (Phi) is 7.66. The summed E-state index contributed by atoms with van der Waals surface area (Å²) in [5.74, 6) is 0.714. The summed E-state index contributed by atoms with van der Waals surface area (Å²) in [7, 11) is 2.21. The van der Waals surface area contributed by atoms with Gasteiger partial charge in [-0.05, 0) is 37.6 Å². The van der Waals surface area contributed by atoms with Crippen molar-refractivity contribution >= 4 is 15.9 Å². The van der Waals surface area contributed by atoms with Crippen molar-refractivity contribution in [3.05, 3.63) is 34.3 Å². The Labute approximate surface area is 126 Å². The molecule has 2 nitrogen and oxygen atoms in total. The number of halogens is 1. The lowest BCUT2D eigenvalue weighted by molar-refractivity contribution is 0.219. The summed E-state index contributed by atoms with van der Waals surface area (Å²) in [6, 6.07) is 9.06. The molecule has 0 saturated carbocycles. The van der Waals surface area contributed by atoms with Gasteiger partial charge >= 0.3 is 0 Å². The Bertz CT molecular complexity index is 366. The van der Waals surface area contributed by atoms with Crippen molar-refractivity contribution in [2.24, 2.45) is 5.92 Å². The molecule has 0 radical (unpaired) electrons. The van der Waals surface area contributed by atoms with Crippen molar-refractivity contribution < 1.29 is 0 Å². The number of hydrogen-bond acceptors (Lipinski definition) is 2. The van der Waals surface area contributed by atoms with Crippen LogP contribution in [0.2, 0.25) is 0 Å². The molecule has 1 N–H and O–H groups in total. The Balaban J connectivity index is 2.49. The van der Waals surface area contributed by atoms with Gasteiger partial charge < -0.3 is 5.32 Å². The van der Waals surface area contributed by atoms with E-state index in [1.807, 2.05) is 0 Å². The van der Waals surface area contributed by atoms with Crippen LogP contribution in [0, 0.1) is 5.92 Å². The number of nitrogens with zero attached hydrogens (tertiary/aromatic N) is 1. The molecule has 1 aromatic carbocycles. The molecule has 0 fully saturated rings.